The zero-order valence-corrected chi connectivity index (χ0v) is 12.6. The molecule has 1 atom stereocenters. The average Bonchev–Trinajstić information content (AvgIpc) is 2.95. The van der Waals surface area contributed by atoms with Gasteiger partial charge in [0.05, 0.1) is 18.5 Å². The molecule has 0 saturated heterocycles. The Bertz CT molecular complexity index is 706. The lowest BCUT2D eigenvalue weighted by Crippen LogP contribution is -2.49. The number of nitrogens with one attached hydrogen (secondary N) is 1. The molecule has 0 amide bonds. The number of halogens is 1. The highest BCUT2D eigenvalue weighted by Gasteiger charge is 2.44. The van der Waals surface area contributed by atoms with Crippen LogP contribution in [0, 0.1) is 0 Å². The second-order valence-corrected chi connectivity index (χ2v) is 5.35. The fourth-order valence-corrected chi connectivity index (χ4v) is 2.53. The van der Waals surface area contributed by atoms with Gasteiger partial charge >= 0.3 is 5.97 Å². The van der Waals surface area contributed by atoms with Gasteiger partial charge < -0.3 is 4.74 Å². The highest BCUT2D eigenvalue weighted by Crippen LogP contribution is 2.35. The van der Waals surface area contributed by atoms with Gasteiger partial charge in [0, 0.05) is 18.0 Å². The molecule has 1 aromatic heterocycles. The number of methoxy groups -OCH3 is 1. The summed E-state index contributed by atoms with van der Waals surface area (Å²) in [6.07, 6.45) is 5.03. The third kappa shape index (κ3) is 2.56. The first kappa shape index (κ1) is 14.6. The number of alkyl halides is 1. The van der Waals surface area contributed by atoms with E-state index in [9.17, 15) is 4.79 Å². The van der Waals surface area contributed by atoms with Crippen LogP contribution in [0.5, 0.6) is 0 Å². The molecule has 2 aromatic rings. The number of carbonyl (C=O) groups excluding carboxylic acids is 1. The first-order valence-corrected chi connectivity index (χ1v) is 7.05. The van der Waals surface area contributed by atoms with Gasteiger partial charge in [-0.3, -0.25) is 9.99 Å². The molecule has 0 fully saturated rings. The number of anilines is 1. The number of carbonyl (C=O) groups is 1. The molecule has 6 heteroatoms. The quantitative estimate of drug-likeness (QED) is 0.536. The Morgan fingerprint density at radius 3 is 2.68 bits per heavy atom. The van der Waals surface area contributed by atoms with Gasteiger partial charge in [-0.1, -0.05) is 29.8 Å². The number of benzene rings is 1. The third-order valence-electron chi connectivity index (χ3n) is 3.31. The number of hydrazine groups is 1. The predicted octanol–water partition coefficient (Wildman–Crippen LogP) is 2.56. The first-order valence-electron chi connectivity index (χ1n) is 6.67. The zero-order chi connectivity index (χ0) is 15.6. The van der Waals surface area contributed by atoms with Gasteiger partial charge in [0.25, 0.3) is 0 Å². The predicted molar refractivity (Wildman–Crippen MR) is 84.9 cm³/mol. The lowest BCUT2D eigenvalue weighted by atomic mass is 10.1. The van der Waals surface area contributed by atoms with Crippen molar-refractivity contribution in [2.24, 2.45) is 0 Å². The summed E-state index contributed by atoms with van der Waals surface area (Å²) in [6.45, 7) is 0. The molecule has 2 heterocycles. The van der Waals surface area contributed by atoms with E-state index in [0.717, 1.165) is 16.9 Å². The van der Waals surface area contributed by atoms with Crippen molar-refractivity contribution < 1.29 is 9.53 Å². The van der Waals surface area contributed by atoms with E-state index in [1.54, 1.807) is 23.5 Å². The summed E-state index contributed by atoms with van der Waals surface area (Å²) in [6, 6.07) is 13.3. The van der Waals surface area contributed by atoms with E-state index in [4.69, 9.17) is 16.3 Å². The first-order chi connectivity index (χ1) is 10.6. The summed E-state index contributed by atoms with van der Waals surface area (Å²) in [5.41, 5.74) is 5.41. The fourth-order valence-electron chi connectivity index (χ4n) is 2.27. The van der Waals surface area contributed by atoms with Gasteiger partial charge in [0.1, 0.15) is 0 Å². The van der Waals surface area contributed by atoms with Crippen LogP contribution in [0.1, 0.15) is 5.56 Å². The topological polar surface area (TPSA) is 54.5 Å². The fraction of sp³-hybridized carbons (Fsp3) is 0.125. The molecule has 112 valence electrons. The zero-order valence-electron chi connectivity index (χ0n) is 11.9. The maximum atomic E-state index is 12.0. The Hall–Kier alpha value is -2.37. The van der Waals surface area contributed by atoms with Gasteiger partial charge in [0.2, 0.25) is 5.00 Å². The van der Waals surface area contributed by atoms with Crippen LogP contribution in [0.4, 0.5) is 5.69 Å². The van der Waals surface area contributed by atoms with E-state index < -0.39 is 11.0 Å². The van der Waals surface area contributed by atoms with Crippen molar-refractivity contribution in [3.8, 4) is 0 Å². The van der Waals surface area contributed by atoms with E-state index in [1.807, 2.05) is 42.5 Å². The van der Waals surface area contributed by atoms with Crippen molar-refractivity contribution in [1.29, 1.82) is 0 Å². The van der Waals surface area contributed by atoms with E-state index in [-0.39, 0.29) is 0 Å². The van der Waals surface area contributed by atoms with Gasteiger partial charge in [-0.25, -0.2) is 4.79 Å². The van der Waals surface area contributed by atoms with Crippen molar-refractivity contribution in [2.45, 2.75) is 5.00 Å². The molecule has 1 unspecified atom stereocenters. The van der Waals surface area contributed by atoms with Crippen LogP contribution in [-0.2, 0) is 9.53 Å². The van der Waals surface area contributed by atoms with Crippen molar-refractivity contribution in [3.05, 3.63) is 66.5 Å². The highest BCUT2D eigenvalue weighted by atomic mass is 35.5. The average molecular weight is 316 g/mol. The smallest absolute Gasteiger partial charge is 0.347 e. The lowest BCUT2D eigenvalue weighted by Gasteiger charge is -2.26. The summed E-state index contributed by atoms with van der Waals surface area (Å²) in [7, 11) is 1.30. The lowest BCUT2D eigenvalue weighted by molar-refractivity contribution is -0.143. The number of pyridine rings is 1. The molecule has 0 aliphatic carbocycles. The normalized spacial score (nSPS) is 20.6. The third-order valence-corrected chi connectivity index (χ3v) is 3.65. The molecule has 0 saturated carbocycles. The Labute approximate surface area is 133 Å². The van der Waals surface area contributed by atoms with Crippen molar-refractivity contribution >= 4 is 29.0 Å². The van der Waals surface area contributed by atoms with Crippen LogP contribution in [0.25, 0.3) is 5.70 Å². The minimum absolute atomic E-state index is 0.575. The van der Waals surface area contributed by atoms with E-state index in [0.29, 0.717) is 0 Å². The molecule has 0 radical (unpaired) electrons. The second-order valence-electron chi connectivity index (χ2n) is 4.76. The minimum Gasteiger partial charge on any atom is -0.466 e. The number of rotatable bonds is 3. The monoisotopic (exact) mass is 315 g/mol. The van der Waals surface area contributed by atoms with Crippen LogP contribution < -0.4 is 10.4 Å². The van der Waals surface area contributed by atoms with Crippen LogP contribution in [-0.4, -0.2) is 23.1 Å². The molecule has 1 N–H and O–H groups in total. The van der Waals surface area contributed by atoms with Crippen molar-refractivity contribution in [1.82, 2.24) is 10.4 Å². The summed E-state index contributed by atoms with van der Waals surface area (Å²) < 4.78 is 4.79. The maximum absolute atomic E-state index is 12.0. The molecule has 0 spiro atoms. The van der Waals surface area contributed by atoms with E-state index in [2.05, 4.69) is 10.4 Å². The number of para-hydroxylation sites is 1. The number of hydrogen-bond acceptors (Lipinski definition) is 5. The van der Waals surface area contributed by atoms with E-state index in [1.165, 1.54) is 7.11 Å². The minimum atomic E-state index is -1.45. The Kier molecular flexibility index (Phi) is 3.83. The Balaban J connectivity index is 2.07. The molecule has 22 heavy (non-hydrogen) atoms. The summed E-state index contributed by atoms with van der Waals surface area (Å²) in [5, 5.41) is 1.75. The summed E-state index contributed by atoms with van der Waals surface area (Å²) >= 11 is 6.39. The molecule has 0 bridgehead atoms. The van der Waals surface area contributed by atoms with Crippen LogP contribution >= 0.6 is 11.6 Å². The molecule has 1 aliphatic rings. The van der Waals surface area contributed by atoms with Crippen LogP contribution in [0.2, 0.25) is 0 Å². The van der Waals surface area contributed by atoms with Crippen LogP contribution in [0.3, 0.4) is 0 Å². The summed E-state index contributed by atoms with van der Waals surface area (Å²) in [4.78, 5) is 14.7. The van der Waals surface area contributed by atoms with Gasteiger partial charge in [-0.15, -0.1) is 0 Å². The number of aromatic nitrogens is 1. The number of nitrogens with zero attached hydrogens (tertiary/aromatic N) is 2. The van der Waals surface area contributed by atoms with Gasteiger partial charge in [-0.05, 0) is 30.3 Å². The molecular formula is C16H14ClN3O2. The number of ether oxygens (including phenoxy) is 1. The van der Waals surface area contributed by atoms with Crippen molar-refractivity contribution in [2.75, 3.05) is 12.1 Å². The standard InChI is InChI=1S/C16H14ClN3O2/c1-22-15(21)16(17)10-14(12-6-5-9-18-11-12)20(19-16)13-7-3-2-4-8-13/h2-11,19H,1H3. The number of hydrogen-bond donors (Lipinski definition) is 1. The molecule has 1 aromatic carbocycles. The highest BCUT2D eigenvalue weighted by molar-refractivity contribution is 6.36. The van der Waals surface area contributed by atoms with Gasteiger partial charge in [-0.2, -0.15) is 5.43 Å². The second kappa shape index (κ2) is 5.79. The Morgan fingerprint density at radius 1 is 1.27 bits per heavy atom. The Morgan fingerprint density at radius 2 is 2.05 bits per heavy atom. The SMILES string of the molecule is COC(=O)C1(Cl)C=C(c2cccnc2)N(c2ccccc2)N1. The largest absolute Gasteiger partial charge is 0.466 e. The van der Waals surface area contributed by atoms with Crippen LogP contribution in [0.15, 0.2) is 60.9 Å². The molecular weight excluding hydrogens is 302 g/mol. The summed E-state index contributed by atoms with van der Waals surface area (Å²) in [5.74, 6) is -0.575. The molecule has 1 aliphatic heterocycles. The van der Waals surface area contributed by atoms with Crippen molar-refractivity contribution in [3.63, 3.8) is 0 Å². The van der Waals surface area contributed by atoms with E-state index >= 15 is 0 Å². The molecule has 3 rings (SSSR count). The molecule has 5 nitrogen and oxygen atoms in total. The number of esters is 1. The maximum Gasteiger partial charge on any atom is 0.347 e. The van der Waals surface area contributed by atoms with Gasteiger partial charge in [0.15, 0.2) is 0 Å².